The number of fused-ring (bicyclic) bond motifs is 5. The van der Waals surface area contributed by atoms with Gasteiger partial charge in [-0.2, -0.15) is 0 Å². The number of aliphatic hydroxyl groups excluding tert-OH is 8. The van der Waals surface area contributed by atoms with E-state index in [1.807, 2.05) is 20.8 Å². The zero-order valence-corrected chi connectivity index (χ0v) is 34.3. The largest absolute Gasteiger partial charge is 0.459 e. The molecule has 15 heteroatoms. The number of hydrogen-bond acceptors (Lipinski definition) is 15. The summed E-state index contributed by atoms with van der Waals surface area (Å²) in [6.45, 7) is 11.5. The lowest BCUT2D eigenvalue weighted by molar-refractivity contribution is -0.380. The van der Waals surface area contributed by atoms with Gasteiger partial charge in [0.15, 0.2) is 12.6 Å². The Morgan fingerprint density at radius 1 is 0.614 bits per heavy atom. The van der Waals surface area contributed by atoms with Crippen LogP contribution in [0.5, 0.6) is 0 Å². The van der Waals surface area contributed by atoms with Gasteiger partial charge < -0.3 is 69.6 Å². The third-order valence-electron chi connectivity index (χ3n) is 18.6. The number of hydrogen-bond donors (Lipinski definition) is 9. The van der Waals surface area contributed by atoms with Crippen molar-refractivity contribution in [2.24, 2.45) is 50.7 Å². The summed E-state index contributed by atoms with van der Waals surface area (Å²) in [7, 11) is 0. The van der Waals surface area contributed by atoms with Crippen molar-refractivity contribution in [2.45, 2.75) is 184 Å². The lowest BCUT2D eigenvalue weighted by Crippen LogP contribution is -2.74. The maximum Gasteiger partial charge on any atom is 0.315 e. The number of aliphatic hydroxyl groups is 9. The fraction of sp³-hybridized carbons (Fsp3) is 0.976. The van der Waals surface area contributed by atoms with Crippen molar-refractivity contribution >= 4 is 5.97 Å². The molecule has 0 spiro atoms. The molecule has 0 aromatic heterocycles. The Morgan fingerprint density at radius 2 is 1.21 bits per heavy atom. The van der Waals surface area contributed by atoms with Crippen molar-refractivity contribution in [3.05, 3.63) is 0 Å². The normalized spacial score (nSPS) is 58.2. The second kappa shape index (κ2) is 14.0. The molecule has 0 aromatic rings. The summed E-state index contributed by atoms with van der Waals surface area (Å²) in [5.41, 5.74) is -4.19. The molecule has 9 N–H and O–H groups in total. The fourth-order valence-corrected chi connectivity index (χ4v) is 15.4. The van der Waals surface area contributed by atoms with E-state index in [0.717, 1.165) is 44.9 Å². The van der Waals surface area contributed by atoms with E-state index in [2.05, 4.69) is 20.8 Å². The summed E-state index contributed by atoms with van der Waals surface area (Å²) < 4.78 is 30.5. The van der Waals surface area contributed by atoms with Gasteiger partial charge in [-0.25, -0.2) is 0 Å². The van der Waals surface area contributed by atoms with Crippen molar-refractivity contribution in [1.29, 1.82) is 0 Å². The Morgan fingerprint density at radius 3 is 1.86 bits per heavy atom. The fourth-order valence-electron chi connectivity index (χ4n) is 15.4. The maximum absolute atomic E-state index is 14.3. The van der Waals surface area contributed by atoms with Crippen LogP contribution in [0.1, 0.15) is 106 Å². The molecule has 15 nitrogen and oxygen atoms in total. The van der Waals surface area contributed by atoms with Crippen molar-refractivity contribution < 1.29 is 74.4 Å². The Kier molecular flexibility index (Phi) is 10.5. The number of ether oxygens (including phenoxy) is 5. The van der Waals surface area contributed by atoms with Crippen LogP contribution < -0.4 is 0 Å². The minimum atomic E-state index is -1.79. The van der Waals surface area contributed by atoms with Crippen LogP contribution >= 0.6 is 0 Å². The summed E-state index contributed by atoms with van der Waals surface area (Å²) in [6, 6.07) is 0. The molecular formula is C42H68O15. The maximum atomic E-state index is 14.3. The minimum absolute atomic E-state index is 0.0143. The Labute approximate surface area is 335 Å². The van der Waals surface area contributed by atoms with E-state index in [0.29, 0.717) is 19.3 Å². The van der Waals surface area contributed by atoms with Gasteiger partial charge in [-0.1, -0.05) is 27.7 Å². The van der Waals surface area contributed by atoms with Crippen LogP contribution in [-0.2, 0) is 28.5 Å². The van der Waals surface area contributed by atoms with Gasteiger partial charge in [0.2, 0.25) is 0 Å². The smallest absolute Gasteiger partial charge is 0.315 e. The molecule has 8 fully saturated rings. The monoisotopic (exact) mass is 812 g/mol. The standard InChI is InChI=1S/C42H68O15/c1-36(2)22-10-14-41(35(51)57-36)25-8-7-24-37(3)12-11-26(38(4,19-45)23(37)9-13-39(24,5)40(25,6)15-16-42(22,41)52)55-34-32(30(49)28(47)21(18-44)54-34)56-33-31(50)29(48)27(46)20(17-43)53-33/h20-34,43-50,52H,7-19H2,1-6H3/t20-,21-,22-,23-,24-,25+,26+,27-,28-,29+,30+,31-,32-,33+,34+,37+,38-,39-,40-,41-,42-/m1/s1. The summed E-state index contributed by atoms with van der Waals surface area (Å²) in [4.78, 5) is 14.3. The molecule has 3 aliphatic heterocycles. The van der Waals surface area contributed by atoms with Gasteiger partial charge in [-0.05, 0) is 112 Å². The first-order valence-electron chi connectivity index (χ1n) is 21.5. The van der Waals surface area contributed by atoms with E-state index < -0.39 is 103 Å². The molecule has 326 valence electrons. The number of rotatable bonds is 7. The molecule has 8 rings (SSSR count). The van der Waals surface area contributed by atoms with E-state index in [1.165, 1.54) is 0 Å². The quantitative estimate of drug-likeness (QED) is 0.126. The van der Waals surface area contributed by atoms with Gasteiger partial charge in [-0.3, -0.25) is 4.79 Å². The highest BCUT2D eigenvalue weighted by Crippen LogP contribution is 2.80. The predicted molar refractivity (Wildman–Crippen MR) is 198 cm³/mol. The molecule has 57 heavy (non-hydrogen) atoms. The van der Waals surface area contributed by atoms with Gasteiger partial charge in [0.1, 0.15) is 59.8 Å². The van der Waals surface area contributed by atoms with Crippen LogP contribution in [0.4, 0.5) is 0 Å². The number of cyclic esters (lactones) is 1. The summed E-state index contributed by atoms with van der Waals surface area (Å²) in [5, 5.41) is 97.5. The highest BCUT2D eigenvalue weighted by Gasteiger charge is 2.81. The first-order chi connectivity index (χ1) is 26.6. The van der Waals surface area contributed by atoms with Crippen LogP contribution in [0.3, 0.4) is 0 Å². The molecule has 2 bridgehead atoms. The van der Waals surface area contributed by atoms with Crippen LogP contribution in [0.15, 0.2) is 0 Å². The van der Waals surface area contributed by atoms with Gasteiger partial charge in [-0.15, -0.1) is 0 Å². The molecule has 0 radical (unpaired) electrons. The second-order valence-electron chi connectivity index (χ2n) is 20.9. The average molecular weight is 813 g/mol. The molecule has 3 saturated heterocycles. The zero-order valence-electron chi connectivity index (χ0n) is 34.3. The average Bonchev–Trinajstić information content (AvgIpc) is 3.44. The summed E-state index contributed by atoms with van der Waals surface area (Å²) in [5.74, 6) is -0.116. The summed E-state index contributed by atoms with van der Waals surface area (Å²) in [6.07, 6.45) is -8.94. The van der Waals surface area contributed by atoms with Crippen LogP contribution in [-0.4, -0.2) is 150 Å². The Balaban J connectivity index is 1.06. The lowest BCUT2D eigenvalue weighted by atomic mass is 9.31. The third-order valence-corrected chi connectivity index (χ3v) is 18.6. The molecule has 21 atom stereocenters. The third kappa shape index (κ3) is 5.53. The van der Waals surface area contributed by atoms with E-state index in [4.69, 9.17) is 23.7 Å². The second-order valence-corrected chi connectivity index (χ2v) is 20.9. The minimum Gasteiger partial charge on any atom is -0.459 e. The number of carbonyl (C=O) groups is 1. The Hall–Kier alpha value is -1.05. The molecular weight excluding hydrogens is 744 g/mol. The predicted octanol–water partition coefficient (Wildman–Crippen LogP) is 0.500. The van der Waals surface area contributed by atoms with Crippen molar-refractivity contribution in [3.63, 3.8) is 0 Å². The van der Waals surface area contributed by atoms with Crippen molar-refractivity contribution in [2.75, 3.05) is 19.8 Å². The van der Waals surface area contributed by atoms with Crippen molar-refractivity contribution in [3.8, 4) is 0 Å². The van der Waals surface area contributed by atoms with Gasteiger partial charge in [0.05, 0.1) is 31.5 Å². The highest BCUT2D eigenvalue weighted by atomic mass is 16.8. The molecule has 0 aromatic carbocycles. The summed E-state index contributed by atoms with van der Waals surface area (Å²) >= 11 is 0. The zero-order chi connectivity index (χ0) is 41.5. The van der Waals surface area contributed by atoms with Crippen LogP contribution in [0.2, 0.25) is 0 Å². The van der Waals surface area contributed by atoms with Crippen LogP contribution in [0.25, 0.3) is 0 Å². The van der Waals surface area contributed by atoms with Gasteiger partial charge >= 0.3 is 5.97 Å². The SMILES string of the molecule is CC1(C)OC(=O)[C@]23CC[C@H]1[C@]2(O)CC[C@]1(C)[C@@H]3CC[C@@H]2[C@@]3(C)CC[C@H](O[C@@H]4O[C@H](CO)[C@@H](O)[C@H](O)[C@H]4O[C@@H]4O[C@H](CO)[C@@H](O)[C@H](O)[C@H]4O)[C@](C)(CO)[C@@H]3CC[C@]21C. The molecule has 0 unspecified atom stereocenters. The molecule has 3 heterocycles. The molecule has 8 aliphatic rings. The lowest BCUT2D eigenvalue weighted by Gasteiger charge is -2.74. The first-order valence-corrected chi connectivity index (χ1v) is 21.5. The number of carbonyl (C=O) groups excluding carboxylic acids is 1. The van der Waals surface area contributed by atoms with E-state index in [9.17, 15) is 50.8 Å². The Bertz CT molecular complexity index is 1550. The molecule has 0 amide bonds. The highest BCUT2D eigenvalue weighted by molar-refractivity contribution is 5.82. The topological polar surface area (TPSA) is 245 Å². The van der Waals surface area contributed by atoms with Gasteiger partial charge in [0.25, 0.3) is 0 Å². The van der Waals surface area contributed by atoms with Crippen LogP contribution in [0, 0.1) is 50.7 Å². The first kappa shape index (κ1) is 42.6. The number of esters is 1. The van der Waals surface area contributed by atoms with E-state index >= 15 is 0 Å². The van der Waals surface area contributed by atoms with E-state index in [-0.39, 0.29) is 52.5 Å². The van der Waals surface area contributed by atoms with Gasteiger partial charge in [0, 0.05) is 11.3 Å². The molecule has 5 saturated carbocycles. The van der Waals surface area contributed by atoms with E-state index in [1.54, 1.807) is 0 Å². The van der Waals surface area contributed by atoms with Crippen molar-refractivity contribution in [1.82, 2.24) is 0 Å². The molecule has 5 aliphatic carbocycles.